The summed E-state index contributed by atoms with van der Waals surface area (Å²) in [6.45, 7) is 12.3. The molecule has 0 aliphatic rings. The highest BCUT2D eigenvalue weighted by Gasteiger charge is 2.10. The van der Waals surface area contributed by atoms with E-state index in [-0.39, 0.29) is 0 Å². The highest BCUT2D eigenvalue weighted by Crippen LogP contribution is 2.08. The van der Waals surface area contributed by atoms with Gasteiger partial charge in [0.15, 0.2) is 0 Å². The van der Waals surface area contributed by atoms with Gasteiger partial charge in [-0.15, -0.1) is 0 Å². The monoisotopic (exact) mass is 221 g/mol. The lowest BCUT2D eigenvalue weighted by atomic mass is 10.1. The number of hydrogen-bond donors (Lipinski definition) is 0. The van der Waals surface area contributed by atoms with Gasteiger partial charge in [-0.2, -0.15) is 0 Å². The maximum absolute atomic E-state index is 11.2. The van der Waals surface area contributed by atoms with Crippen LogP contribution >= 0.6 is 0 Å². The van der Waals surface area contributed by atoms with Crippen LogP contribution < -0.4 is 0 Å². The maximum Gasteiger partial charge on any atom is 0.0910 e. The largest absolute Gasteiger partial charge is 0.243 e. The molecule has 0 aliphatic heterocycles. The predicted molar refractivity (Wildman–Crippen MR) is 66.7 cm³/mol. The molecule has 0 spiro atoms. The van der Waals surface area contributed by atoms with Crippen molar-refractivity contribution in [2.75, 3.05) is 19.3 Å². The Morgan fingerprint density at radius 2 is 1.79 bits per heavy atom. The Bertz CT molecular complexity index is 139. The van der Waals surface area contributed by atoms with Crippen molar-refractivity contribution in [3.05, 3.63) is 0 Å². The lowest BCUT2D eigenvalue weighted by Gasteiger charge is -2.20. The highest BCUT2D eigenvalue weighted by atomic mass is 32.2. The Hall–Kier alpha value is 0.110. The number of rotatable bonds is 6. The van der Waals surface area contributed by atoms with Crippen molar-refractivity contribution in [3.8, 4) is 0 Å². The first kappa shape index (κ1) is 16.5. The zero-order valence-corrected chi connectivity index (χ0v) is 11.5. The van der Waals surface area contributed by atoms with Gasteiger partial charge in [0.2, 0.25) is 0 Å². The van der Waals surface area contributed by atoms with Crippen molar-refractivity contribution in [2.45, 2.75) is 47.5 Å². The number of hydrogen-bond acceptors (Lipinski definition) is 1. The molecule has 0 rings (SSSR count). The van der Waals surface area contributed by atoms with Gasteiger partial charge in [-0.25, -0.2) is 8.51 Å². The van der Waals surface area contributed by atoms with E-state index in [0.717, 1.165) is 13.1 Å². The molecule has 0 saturated heterocycles. The van der Waals surface area contributed by atoms with E-state index in [9.17, 15) is 4.21 Å². The summed E-state index contributed by atoms with van der Waals surface area (Å²) in [5.74, 6) is 0.666. The second-order valence-corrected chi connectivity index (χ2v) is 4.66. The second-order valence-electron chi connectivity index (χ2n) is 3.30. The third-order valence-corrected chi connectivity index (χ3v) is 3.15. The SMILES string of the molecule is CC.CCCC(C)CN(CC)S(C)=O. The van der Waals surface area contributed by atoms with Crippen molar-refractivity contribution in [1.82, 2.24) is 4.31 Å². The van der Waals surface area contributed by atoms with Gasteiger partial charge in [-0.3, -0.25) is 0 Å². The van der Waals surface area contributed by atoms with E-state index < -0.39 is 11.0 Å². The molecule has 0 amide bonds. The molecular weight excluding hydrogens is 194 g/mol. The van der Waals surface area contributed by atoms with E-state index >= 15 is 0 Å². The van der Waals surface area contributed by atoms with Crippen LogP contribution in [-0.2, 0) is 11.0 Å². The molecule has 0 aromatic carbocycles. The van der Waals surface area contributed by atoms with E-state index in [1.807, 2.05) is 18.2 Å². The maximum atomic E-state index is 11.2. The van der Waals surface area contributed by atoms with Gasteiger partial charge in [-0.05, 0) is 12.3 Å². The summed E-state index contributed by atoms with van der Waals surface area (Å²) < 4.78 is 13.2. The molecule has 0 radical (unpaired) electrons. The molecule has 0 N–H and O–H groups in total. The van der Waals surface area contributed by atoms with Crippen LogP contribution in [0.3, 0.4) is 0 Å². The third-order valence-electron chi connectivity index (χ3n) is 2.01. The lowest BCUT2D eigenvalue weighted by Crippen LogP contribution is -2.29. The molecule has 0 aromatic rings. The number of nitrogens with zero attached hydrogens (tertiary/aromatic N) is 1. The van der Waals surface area contributed by atoms with E-state index in [2.05, 4.69) is 20.8 Å². The van der Waals surface area contributed by atoms with Crippen LogP contribution in [0.15, 0.2) is 0 Å². The zero-order chi connectivity index (χ0) is 11.6. The molecule has 2 unspecified atom stereocenters. The third kappa shape index (κ3) is 8.70. The van der Waals surface area contributed by atoms with Crippen LogP contribution in [0.4, 0.5) is 0 Å². The van der Waals surface area contributed by atoms with Crippen LogP contribution in [0.25, 0.3) is 0 Å². The van der Waals surface area contributed by atoms with Gasteiger partial charge < -0.3 is 0 Å². The minimum Gasteiger partial charge on any atom is -0.243 e. The van der Waals surface area contributed by atoms with E-state index in [1.54, 1.807) is 6.26 Å². The molecule has 3 heteroatoms. The first-order valence-corrected chi connectivity index (χ1v) is 7.21. The quantitative estimate of drug-likeness (QED) is 0.675. The average molecular weight is 221 g/mol. The van der Waals surface area contributed by atoms with Gasteiger partial charge in [0.1, 0.15) is 0 Å². The fraction of sp³-hybridized carbons (Fsp3) is 1.00. The van der Waals surface area contributed by atoms with Gasteiger partial charge >= 0.3 is 0 Å². The molecule has 2 atom stereocenters. The van der Waals surface area contributed by atoms with Gasteiger partial charge in [-0.1, -0.05) is 41.0 Å². The molecule has 0 saturated carbocycles. The highest BCUT2D eigenvalue weighted by molar-refractivity contribution is 7.81. The van der Waals surface area contributed by atoms with Crippen LogP contribution in [-0.4, -0.2) is 27.9 Å². The van der Waals surface area contributed by atoms with Crippen molar-refractivity contribution < 1.29 is 4.21 Å². The minimum absolute atomic E-state index is 0.666. The van der Waals surface area contributed by atoms with Crippen molar-refractivity contribution in [3.63, 3.8) is 0 Å². The molecule has 0 heterocycles. The first-order chi connectivity index (χ1) is 6.61. The van der Waals surface area contributed by atoms with Crippen LogP contribution in [0, 0.1) is 5.92 Å². The summed E-state index contributed by atoms with van der Waals surface area (Å²) in [6.07, 6.45) is 4.20. The topological polar surface area (TPSA) is 20.3 Å². The summed E-state index contributed by atoms with van der Waals surface area (Å²) in [4.78, 5) is 0. The normalized spacial score (nSPS) is 14.5. The van der Waals surface area contributed by atoms with Crippen LogP contribution in [0.1, 0.15) is 47.5 Å². The molecule has 2 nitrogen and oxygen atoms in total. The summed E-state index contributed by atoms with van der Waals surface area (Å²) in [5, 5.41) is 0. The second kappa shape index (κ2) is 11.2. The molecule has 0 fully saturated rings. The van der Waals surface area contributed by atoms with Crippen molar-refractivity contribution in [1.29, 1.82) is 0 Å². The minimum atomic E-state index is -0.794. The van der Waals surface area contributed by atoms with Gasteiger partial charge in [0.05, 0.1) is 11.0 Å². The Labute approximate surface area is 92.7 Å². The summed E-state index contributed by atoms with van der Waals surface area (Å²) >= 11 is 0. The molecule has 14 heavy (non-hydrogen) atoms. The van der Waals surface area contributed by atoms with Crippen LogP contribution in [0.2, 0.25) is 0 Å². The Morgan fingerprint density at radius 3 is 2.07 bits per heavy atom. The Balaban J connectivity index is 0. The summed E-state index contributed by atoms with van der Waals surface area (Å²) in [5.41, 5.74) is 0. The molecule has 0 bridgehead atoms. The molecule has 88 valence electrons. The first-order valence-electron chi connectivity index (χ1n) is 5.70. The van der Waals surface area contributed by atoms with Gasteiger partial charge in [0, 0.05) is 19.3 Å². The van der Waals surface area contributed by atoms with Crippen LogP contribution in [0.5, 0.6) is 0 Å². The lowest BCUT2D eigenvalue weighted by molar-refractivity contribution is 0.372. The van der Waals surface area contributed by atoms with Gasteiger partial charge in [0.25, 0.3) is 0 Å². The standard InChI is InChI=1S/C9H21NOS.C2H6/c1-5-7-9(3)8-10(6-2)12(4)11;1-2/h9H,5-8H2,1-4H3;1-2H3. The molecular formula is C11H27NOS. The van der Waals surface area contributed by atoms with E-state index in [1.165, 1.54) is 12.8 Å². The molecule has 0 aromatic heterocycles. The van der Waals surface area contributed by atoms with E-state index in [4.69, 9.17) is 0 Å². The fourth-order valence-electron chi connectivity index (χ4n) is 1.35. The summed E-state index contributed by atoms with van der Waals surface area (Å²) in [7, 11) is -0.794. The predicted octanol–water partition coefficient (Wildman–Crippen LogP) is 3.06. The van der Waals surface area contributed by atoms with Crippen molar-refractivity contribution >= 4 is 11.0 Å². The zero-order valence-electron chi connectivity index (χ0n) is 10.7. The average Bonchev–Trinajstić information content (AvgIpc) is 2.17. The van der Waals surface area contributed by atoms with Crippen molar-refractivity contribution in [2.24, 2.45) is 5.92 Å². The van der Waals surface area contributed by atoms with E-state index in [0.29, 0.717) is 5.92 Å². The Kier molecular flexibility index (Phi) is 13.2. The smallest absolute Gasteiger partial charge is 0.0910 e. The fourth-order valence-corrected chi connectivity index (χ4v) is 2.18. The summed E-state index contributed by atoms with van der Waals surface area (Å²) in [6, 6.07) is 0. The molecule has 0 aliphatic carbocycles. The Morgan fingerprint density at radius 1 is 1.29 bits per heavy atom.